The number of hydrogen-bond acceptors (Lipinski definition) is 5. The Hall–Kier alpha value is -1.27. The average molecular weight is 392 g/mol. The molecule has 0 saturated carbocycles. The lowest BCUT2D eigenvalue weighted by atomic mass is 9.90. The van der Waals surface area contributed by atoms with Crippen LogP contribution in [0.5, 0.6) is 0 Å². The van der Waals surface area contributed by atoms with Crippen LogP contribution in [-0.2, 0) is 12.8 Å². The molecule has 4 heterocycles. The summed E-state index contributed by atoms with van der Waals surface area (Å²) in [4.78, 5) is 15.8. The molecule has 0 fully saturated rings. The van der Waals surface area contributed by atoms with Gasteiger partial charge in [0.15, 0.2) is 5.15 Å². The molecular weight excluding hydrogens is 381 g/mol. The van der Waals surface area contributed by atoms with E-state index in [-0.39, 0.29) is 5.28 Å². The van der Waals surface area contributed by atoms with Crippen molar-refractivity contribution in [3.8, 4) is 10.4 Å². The van der Waals surface area contributed by atoms with Gasteiger partial charge in [-0.2, -0.15) is 0 Å². The minimum absolute atomic E-state index is 0.182. The van der Waals surface area contributed by atoms with E-state index in [0.717, 1.165) is 33.3 Å². The summed E-state index contributed by atoms with van der Waals surface area (Å²) in [5.41, 5.74) is 4.67. The Kier molecular flexibility index (Phi) is 3.52. The number of rotatable bonds is 1. The van der Waals surface area contributed by atoms with Crippen LogP contribution >= 0.6 is 45.9 Å². The number of pyridine rings is 1. The van der Waals surface area contributed by atoms with E-state index in [1.54, 1.807) is 22.7 Å². The highest BCUT2D eigenvalue weighted by Gasteiger charge is 2.24. The second-order valence-corrected chi connectivity index (χ2v) is 8.48. The van der Waals surface area contributed by atoms with Crippen LogP contribution < -0.4 is 0 Å². The van der Waals surface area contributed by atoms with Crippen molar-refractivity contribution < 1.29 is 0 Å². The van der Waals surface area contributed by atoms with E-state index in [0.29, 0.717) is 5.15 Å². The van der Waals surface area contributed by atoms with Crippen LogP contribution in [0.15, 0.2) is 17.5 Å². The standard InChI is InChI=1S/C17H11Cl2N3S2/c18-15-14-13(21-17(19)22-15)12-11(10-6-3-7-23-10)8-4-1-2-5-9(8)20-16(12)24-14/h3,6-7H,1-2,4-5H2. The molecule has 24 heavy (non-hydrogen) atoms. The van der Waals surface area contributed by atoms with Crippen molar-refractivity contribution in [2.75, 3.05) is 0 Å². The van der Waals surface area contributed by atoms with Crippen LogP contribution in [0.2, 0.25) is 10.4 Å². The molecule has 0 N–H and O–H groups in total. The van der Waals surface area contributed by atoms with Crippen LogP contribution in [0, 0.1) is 0 Å². The van der Waals surface area contributed by atoms with Crippen molar-refractivity contribution in [2.24, 2.45) is 0 Å². The Morgan fingerprint density at radius 3 is 2.75 bits per heavy atom. The Balaban J connectivity index is 2.01. The lowest BCUT2D eigenvalue weighted by Crippen LogP contribution is -2.07. The maximum absolute atomic E-state index is 6.32. The van der Waals surface area contributed by atoms with Crippen LogP contribution in [0.25, 0.3) is 30.9 Å². The first kappa shape index (κ1) is 15.0. The summed E-state index contributed by atoms with van der Waals surface area (Å²) in [6, 6.07) is 4.26. The Morgan fingerprint density at radius 1 is 1.04 bits per heavy atom. The summed E-state index contributed by atoms with van der Waals surface area (Å²) >= 11 is 15.7. The van der Waals surface area contributed by atoms with Crippen LogP contribution in [0.3, 0.4) is 0 Å². The first-order valence-electron chi connectivity index (χ1n) is 7.73. The predicted molar refractivity (Wildman–Crippen MR) is 103 cm³/mol. The van der Waals surface area contributed by atoms with Crippen LogP contribution in [-0.4, -0.2) is 15.0 Å². The highest BCUT2D eigenvalue weighted by molar-refractivity contribution is 7.26. The smallest absolute Gasteiger partial charge is 0.224 e. The lowest BCUT2D eigenvalue weighted by Gasteiger charge is -2.19. The molecule has 3 nitrogen and oxygen atoms in total. The summed E-state index contributed by atoms with van der Waals surface area (Å²) in [6.07, 6.45) is 4.51. The highest BCUT2D eigenvalue weighted by atomic mass is 35.5. The largest absolute Gasteiger partial charge is 0.242 e. The normalized spacial score (nSPS) is 14.4. The number of aromatic nitrogens is 3. The van der Waals surface area contributed by atoms with Gasteiger partial charge in [0.1, 0.15) is 4.83 Å². The minimum atomic E-state index is 0.182. The molecule has 0 spiro atoms. The average Bonchev–Trinajstić information content (AvgIpc) is 3.21. The van der Waals surface area contributed by atoms with E-state index in [9.17, 15) is 0 Å². The van der Waals surface area contributed by atoms with Gasteiger partial charge >= 0.3 is 0 Å². The second kappa shape index (κ2) is 5.63. The Morgan fingerprint density at radius 2 is 1.92 bits per heavy atom. The fourth-order valence-corrected chi connectivity index (χ4v) is 5.78. The van der Waals surface area contributed by atoms with Crippen molar-refractivity contribution in [2.45, 2.75) is 25.7 Å². The third-order valence-electron chi connectivity index (χ3n) is 4.44. The van der Waals surface area contributed by atoms with Gasteiger partial charge in [-0.3, -0.25) is 0 Å². The van der Waals surface area contributed by atoms with Gasteiger partial charge in [-0.15, -0.1) is 22.7 Å². The molecule has 1 aliphatic rings. The molecule has 5 rings (SSSR count). The van der Waals surface area contributed by atoms with E-state index < -0.39 is 0 Å². The number of fused-ring (bicyclic) bond motifs is 4. The molecule has 4 aromatic heterocycles. The van der Waals surface area contributed by atoms with Crippen LogP contribution in [0.4, 0.5) is 0 Å². The van der Waals surface area contributed by atoms with Crippen LogP contribution in [0.1, 0.15) is 24.1 Å². The molecule has 0 saturated heterocycles. The molecule has 120 valence electrons. The van der Waals surface area contributed by atoms with Crippen molar-refractivity contribution in [1.29, 1.82) is 0 Å². The third-order valence-corrected chi connectivity index (χ3v) is 6.96. The number of halogens is 2. The fourth-order valence-electron chi connectivity index (χ4n) is 3.46. The molecular formula is C17H11Cl2N3S2. The van der Waals surface area contributed by atoms with Gasteiger partial charge in [0.2, 0.25) is 5.28 Å². The molecule has 0 radical (unpaired) electrons. The zero-order chi connectivity index (χ0) is 16.3. The summed E-state index contributed by atoms with van der Waals surface area (Å²) in [5.74, 6) is 0. The van der Waals surface area contributed by atoms with Gasteiger partial charge in [-0.05, 0) is 54.3 Å². The molecule has 1 aliphatic carbocycles. The number of thiophene rings is 2. The van der Waals surface area contributed by atoms with Crippen molar-refractivity contribution in [1.82, 2.24) is 15.0 Å². The lowest BCUT2D eigenvalue weighted by molar-refractivity contribution is 0.673. The predicted octanol–water partition coefficient (Wildman–Crippen LogP) is 6.15. The van der Waals surface area contributed by atoms with Crippen molar-refractivity contribution >= 4 is 66.3 Å². The van der Waals surface area contributed by atoms with E-state index in [1.807, 2.05) is 0 Å². The first-order valence-corrected chi connectivity index (χ1v) is 10.2. The molecule has 4 aromatic rings. The summed E-state index contributed by atoms with van der Waals surface area (Å²) in [6.45, 7) is 0. The van der Waals surface area contributed by atoms with E-state index in [1.165, 1.54) is 34.5 Å². The van der Waals surface area contributed by atoms with Gasteiger partial charge < -0.3 is 0 Å². The quantitative estimate of drug-likeness (QED) is 0.288. The topological polar surface area (TPSA) is 38.7 Å². The van der Waals surface area contributed by atoms with Gasteiger partial charge in [-0.1, -0.05) is 17.7 Å². The molecule has 0 aromatic carbocycles. The summed E-state index contributed by atoms with van der Waals surface area (Å²) in [7, 11) is 0. The highest BCUT2D eigenvalue weighted by Crippen LogP contribution is 2.45. The minimum Gasteiger partial charge on any atom is -0.242 e. The molecule has 0 atom stereocenters. The van der Waals surface area contributed by atoms with Crippen molar-refractivity contribution in [3.63, 3.8) is 0 Å². The van der Waals surface area contributed by atoms with E-state index >= 15 is 0 Å². The maximum atomic E-state index is 6.32. The van der Waals surface area contributed by atoms with Gasteiger partial charge in [0, 0.05) is 21.5 Å². The number of aryl methyl sites for hydroxylation is 1. The third kappa shape index (κ3) is 2.19. The summed E-state index contributed by atoms with van der Waals surface area (Å²) in [5, 5.41) is 3.77. The van der Waals surface area contributed by atoms with E-state index in [2.05, 4.69) is 27.5 Å². The number of hydrogen-bond donors (Lipinski definition) is 0. The first-order chi connectivity index (χ1) is 11.7. The molecule has 0 aliphatic heterocycles. The fraction of sp³-hybridized carbons (Fsp3) is 0.235. The Bertz CT molecular complexity index is 1090. The van der Waals surface area contributed by atoms with Gasteiger partial charge in [0.25, 0.3) is 0 Å². The zero-order valence-corrected chi connectivity index (χ0v) is 15.6. The molecule has 0 amide bonds. The van der Waals surface area contributed by atoms with E-state index in [4.69, 9.17) is 28.2 Å². The monoisotopic (exact) mass is 391 g/mol. The summed E-state index contributed by atoms with van der Waals surface area (Å²) < 4.78 is 0.865. The number of nitrogens with zero attached hydrogens (tertiary/aromatic N) is 3. The SMILES string of the molecule is Clc1nc(Cl)c2sc3nc4c(c(-c5cccs5)c3c2n1)CCCC4. The van der Waals surface area contributed by atoms with Gasteiger partial charge in [0.05, 0.1) is 10.2 Å². The van der Waals surface area contributed by atoms with Crippen molar-refractivity contribution in [3.05, 3.63) is 39.2 Å². The second-order valence-electron chi connectivity index (χ2n) is 5.84. The zero-order valence-electron chi connectivity index (χ0n) is 12.5. The molecule has 7 heteroatoms. The Labute approximate surface area is 156 Å². The molecule has 0 bridgehead atoms. The van der Waals surface area contributed by atoms with Gasteiger partial charge in [-0.25, -0.2) is 15.0 Å². The maximum Gasteiger partial charge on any atom is 0.224 e. The molecule has 0 unspecified atom stereocenters.